The molecule has 0 bridgehead atoms. The Morgan fingerprint density at radius 2 is 2.37 bits per heavy atom. The average molecular weight is 263 g/mol. The van der Waals surface area contributed by atoms with Crippen LogP contribution in [0.1, 0.15) is 22.1 Å². The summed E-state index contributed by atoms with van der Waals surface area (Å²) in [4.78, 5) is 19.5. The smallest absolute Gasteiger partial charge is 0.340 e. The van der Waals surface area contributed by atoms with Crippen molar-refractivity contribution in [3.05, 3.63) is 29.5 Å². The summed E-state index contributed by atoms with van der Waals surface area (Å²) in [5.74, 6) is 0.798. The number of rotatable bonds is 4. The van der Waals surface area contributed by atoms with E-state index in [0.717, 1.165) is 0 Å². The molecular weight excluding hydrogens is 250 g/mol. The Labute approximate surface area is 109 Å². The van der Waals surface area contributed by atoms with E-state index in [9.17, 15) is 4.79 Å². The van der Waals surface area contributed by atoms with Crippen molar-refractivity contribution in [1.82, 2.24) is 15.1 Å². The van der Waals surface area contributed by atoms with E-state index in [4.69, 9.17) is 10.3 Å². The van der Waals surface area contributed by atoms with Crippen molar-refractivity contribution in [2.24, 2.45) is 0 Å². The van der Waals surface area contributed by atoms with Gasteiger partial charge in [-0.15, -0.1) is 0 Å². The monoisotopic (exact) mass is 263 g/mol. The van der Waals surface area contributed by atoms with E-state index in [1.165, 1.54) is 19.4 Å². The molecule has 2 rings (SSSR count). The van der Waals surface area contributed by atoms with E-state index in [1.807, 2.05) is 0 Å². The first kappa shape index (κ1) is 12.8. The molecule has 0 aliphatic heterocycles. The fourth-order valence-electron chi connectivity index (χ4n) is 1.48. The van der Waals surface area contributed by atoms with Gasteiger partial charge in [0.05, 0.1) is 24.9 Å². The van der Waals surface area contributed by atoms with Crippen molar-refractivity contribution in [1.29, 1.82) is 0 Å². The predicted octanol–water partition coefficient (Wildman–Crippen LogP) is 0.754. The van der Waals surface area contributed by atoms with Crippen LogP contribution in [0.25, 0.3) is 0 Å². The normalized spacial score (nSPS) is 10.2. The molecule has 0 aliphatic rings. The van der Waals surface area contributed by atoms with Crippen LogP contribution in [-0.4, -0.2) is 28.2 Å². The number of nitrogens with zero attached hydrogens (tertiary/aromatic N) is 3. The van der Waals surface area contributed by atoms with E-state index in [1.54, 1.807) is 6.92 Å². The van der Waals surface area contributed by atoms with Crippen LogP contribution in [0.3, 0.4) is 0 Å². The van der Waals surface area contributed by atoms with Gasteiger partial charge < -0.3 is 20.3 Å². The maximum Gasteiger partial charge on any atom is 0.340 e. The Bertz CT molecular complexity index is 596. The molecule has 8 nitrogen and oxygen atoms in total. The van der Waals surface area contributed by atoms with Gasteiger partial charge in [-0.3, -0.25) is 0 Å². The molecule has 3 N–H and O–H groups in total. The molecule has 2 aromatic heterocycles. The number of nitrogens with two attached hydrogens (primary N) is 1. The minimum Gasteiger partial charge on any atom is -0.465 e. The van der Waals surface area contributed by atoms with Crippen LogP contribution in [0.2, 0.25) is 0 Å². The van der Waals surface area contributed by atoms with Crippen LogP contribution >= 0.6 is 0 Å². The topological polar surface area (TPSA) is 116 Å². The lowest BCUT2D eigenvalue weighted by atomic mass is 10.2. The van der Waals surface area contributed by atoms with Crippen LogP contribution in [-0.2, 0) is 11.3 Å². The summed E-state index contributed by atoms with van der Waals surface area (Å²) in [6, 6.07) is 1.49. The quantitative estimate of drug-likeness (QED) is 0.776. The van der Waals surface area contributed by atoms with Gasteiger partial charge in [0, 0.05) is 13.1 Å². The molecule has 100 valence electrons. The average Bonchev–Trinajstić information content (AvgIpc) is 2.82. The number of carbonyl (C=O) groups excluding carboxylic acids is 1. The summed E-state index contributed by atoms with van der Waals surface area (Å²) in [6.45, 7) is 1.99. The lowest BCUT2D eigenvalue weighted by molar-refractivity contribution is 0.0602. The van der Waals surface area contributed by atoms with Crippen molar-refractivity contribution in [3.63, 3.8) is 0 Å². The Morgan fingerprint density at radius 3 is 3.00 bits per heavy atom. The number of methoxy groups -OCH3 is 1. The predicted molar refractivity (Wildman–Crippen MR) is 66.4 cm³/mol. The lowest BCUT2D eigenvalue weighted by Crippen LogP contribution is -2.11. The van der Waals surface area contributed by atoms with Crippen molar-refractivity contribution >= 4 is 17.5 Å². The van der Waals surface area contributed by atoms with Crippen molar-refractivity contribution in [2.45, 2.75) is 13.5 Å². The van der Waals surface area contributed by atoms with Gasteiger partial charge in [0.15, 0.2) is 5.82 Å². The molecule has 0 atom stereocenters. The molecule has 0 radical (unpaired) electrons. The Hall–Kier alpha value is -2.64. The third-order valence-corrected chi connectivity index (χ3v) is 2.38. The van der Waals surface area contributed by atoms with Crippen LogP contribution in [0.5, 0.6) is 0 Å². The number of nitrogens with one attached hydrogen (secondary N) is 1. The molecule has 0 amide bonds. The highest BCUT2D eigenvalue weighted by molar-refractivity contribution is 5.97. The molecule has 19 heavy (non-hydrogen) atoms. The number of hydrogen-bond acceptors (Lipinski definition) is 8. The van der Waals surface area contributed by atoms with Crippen LogP contribution in [0.15, 0.2) is 16.8 Å². The second-order valence-corrected chi connectivity index (χ2v) is 3.70. The summed E-state index contributed by atoms with van der Waals surface area (Å²) in [7, 11) is 1.29. The summed E-state index contributed by atoms with van der Waals surface area (Å²) < 4.78 is 9.46. The van der Waals surface area contributed by atoms with Crippen molar-refractivity contribution < 1.29 is 14.1 Å². The largest absolute Gasteiger partial charge is 0.465 e. The molecule has 8 heteroatoms. The molecule has 2 aromatic rings. The maximum absolute atomic E-state index is 11.5. The second kappa shape index (κ2) is 5.34. The lowest BCUT2D eigenvalue weighted by Gasteiger charge is -2.09. The molecule has 0 unspecified atom stereocenters. The fourth-order valence-corrected chi connectivity index (χ4v) is 1.48. The van der Waals surface area contributed by atoms with Gasteiger partial charge in [0.2, 0.25) is 5.89 Å². The molecule has 0 aromatic carbocycles. The highest BCUT2D eigenvalue weighted by Gasteiger charge is 2.14. The number of ether oxygens (including phenoxy) is 1. The SMILES string of the molecule is COC(=O)c1ccnc(NCc2noc(C)n2)c1N. The number of anilines is 2. The summed E-state index contributed by atoms with van der Waals surface area (Å²) >= 11 is 0. The van der Waals surface area contributed by atoms with Gasteiger partial charge in [-0.05, 0) is 6.07 Å². The fraction of sp³-hybridized carbons (Fsp3) is 0.273. The standard InChI is InChI=1S/C11H13N5O3/c1-6-15-8(16-19-6)5-14-10-9(12)7(3-4-13-10)11(17)18-2/h3-4H,5,12H2,1-2H3,(H,13,14). The number of aromatic nitrogens is 3. The summed E-state index contributed by atoms with van der Waals surface area (Å²) in [5, 5.41) is 6.66. The highest BCUT2D eigenvalue weighted by Crippen LogP contribution is 2.20. The van der Waals surface area contributed by atoms with Crippen LogP contribution in [0, 0.1) is 6.92 Å². The maximum atomic E-state index is 11.5. The highest BCUT2D eigenvalue weighted by atomic mass is 16.5. The number of esters is 1. The van der Waals surface area contributed by atoms with Gasteiger partial charge in [-0.25, -0.2) is 9.78 Å². The third-order valence-electron chi connectivity index (χ3n) is 2.38. The van der Waals surface area contributed by atoms with E-state index >= 15 is 0 Å². The molecule has 2 heterocycles. The first-order valence-corrected chi connectivity index (χ1v) is 5.47. The summed E-state index contributed by atoms with van der Waals surface area (Å²) in [6.07, 6.45) is 1.46. The Balaban J connectivity index is 2.14. The minimum atomic E-state index is -0.515. The molecule has 0 saturated carbocycles. The first-order valence-electron chi connectivity index (χ1n) is 5.47. The van der Waals surface area contributed by atoms with Gasteiger partial charge >= 0.3 is 5.97 Å². The number of nitrogen functional groups attached to an aromatic ring is 1. The van der Waals surface area contributed by atoms with Crippen molar-refractivity contribution in [2.75, 3.05) is 18.2 Å². The van der Waals surface area contributed by atoms with E-state index < -0.39 is 5.97 Å². The molecule has 0 aliphatic carbocycles. The first-order chi connectivity index (χ1) is 9.11. The minimum absolute atomic E-state index is 0.217. The Kier molecular flexibility index (Phi) is 3.60. The molecule has 0 fully saturated rings. The van der Waals surface area contributed by atoms with Gasteiger partial charge in [-0.2, -0.15) is 4.98 Å². The third kappa shape index (κ3) is 2.79. The van der Waals surface area contributed by atoms with E-state index in [2.05, 4.69) is 25.2 Å². The summed E-state index contributed by atoms with van der Waals surface area (Å²) in [5.41, 5.74) is 6.31. The van der Waals surface area contributed by atoms with Crippen LogP contribution < -0.4 is 11.1 Å². The molecular formula is C11H13N5O3. The Morgan fingerprint density at radius 1 is 1.58 bits per heavy atom. The molecule has 0 spiro atoms. The second-order valence-electron chi connectivity index (χ2n) is 3.70. The van der Waals surface area contributed by atoms with E-state index in [-0.39, 0.29) is 11.3 Å². The zero-order valence-corrected chi connectivity index (χ0v) is 10.5. The number of aryl methyl sites for hydroxylation is 1. The van der Waals surface area contributed by atoms with Gasteiger partial charge in [0.25, 0.3) is 0 Å². The number of pyridine rings is 1. The zero-order valence-electron chi connectivity index (χ0n) is 10.5. The van der Waals surface area contributed by atoms with Gasteiger partial charge in [0.1, 0.15) is 5.82 Å². The number of hydrogen-bond donors (Lipinski definition) is 2. The van der Waals surface area contributed by atoms with Crippen molar-refractivity contribution in [3.8, 4) is 0 Å². The molecule has 0 saturated heterocycles. The van der Waals surface area contributed by atoms with Crippen LogP contribution in [0.4, 0.5) is 11.5 Å². The number of carbonyl (C=O) groups is 1. The van der Waals surface area contributed by atoms with Gasteiger partial charge in [-0.1, -0.05) is 5.16 Å². The van der Waals surface area contributed by atoms with E-state index in [0.29, 0.717) is 24.1 Å². The zero-order chi connectivity index (χ0) is 13.8.